The molecule has 10 heteroatoms. The lowest BCUT2D eigenvalue weighted by atomic mass is 10.1. The van der Waals surface area contributed by atoms with E-state index in [2.05, 4.69) is 10.6 Å². The highest BCUT2D eigenvalue weighted by Crippen LogP contribution is 2.26. The number of anilines is 2. The molecule has 2 aromatic carbocycles. The maximum absolute atomic E-state index is 12.6. The Labute approximate surface area is 195 Å². The van der Waals surface area contributed by atoms with E-state index in [-0.39, 0.29) is 45.8 Å². The molecule has 0 spiro atoms. The van der Waals surface area contributed by atoms with Gasteiger partial charge in [-0.1, -0.05) is 23.2 Å². The number of hydrogen-bond donors (Lipinski definition) is 2. The third kappa shape index (κ3) is 6.45. The molecule has 8 nitrogen and oxygen atoms in total. The van der Waals surface area contributed by atoms with Crippen molar-refractivity contribution in [3.63, 3.8) is 0 Å². The first-order valence-electron chi connectivity index (χ1n) is 9.73. The van der Waals surface area contributed by atoms with Gasteiger partial charge in [0.25, 0.3) is 0 Å². The Morgan fingerprint density at radius 1 is 0.781 bits per heavy atom. The number of halogens is 2. The molecule has 170 valence electrons. The molecule has 2 amide bonds. The zero-order valence-electron chi connectivity index (χ0n) is 17.7. The van der Waals surface area contributed by atoms with Gasteiger partial charge in [0.15, 0.2) is 0 Å². The van der Waals surface area contributed by atoms with Gasteiger partial charge in [0, 0.05) is 0 Å². The summed E-state index contributed by atoms with van der Waals surface area (Å²) < 4.78 is 9.86. The molecule has 0 heterocycles. The SMILES string of the molecule is CCOC(=O)c1ccc(Cl)c(NC(=O)C(C)C(=O)Nc2cc(C(=O)OCC)ccc2Cl)c1. The molecule has 0 bridgehead atoms. The minimum Gasteiger partial charge on any atom is -0.462 e. The van der Waals surface area contributed by atoms with Gasteiger partial charge >= 0.3 is 11.9 Å². The number of ether oxygens (including phenoxy) is 2. The van der Waals surface area contributed by atoms with Crippen molar-refractivity contribution in [3.05, 3.63) is 57.6 Å². The summed E-state index contributed by atoms with van der Waals surface area (Å²) in [5.41, 5.74) is 0.714. The van der Waals surface area contributed by atoms with E-state index in [1.165, 1.54) is 43.3 Å². The number of rotatable bonds is 8. The third-order valence-corrected chi connectivity index (χ3v) is 4.92. The Bertz CT molecular complexity index is 960. The molecule has 0 unspecified atom stereocenters. The van der Waals surface area contributed by atoms with Crippen LogP contribution in [0.3, 0.4) is 0 Å². The molecule has 0 aromatic heterocycles. The summed E-state index contributed by atoms with van der Waals surface area (Å²) in [5, 5.41) is 5.43. The van der Waals surface area contributed by atoms with Crippen LogP contribution in [0.5, 0.6) is 0 Å². The number of benzene rings is 2. The van der Waals surface area contributed by atoms with Gasteiger partial charge in [-0.05, 0) is 57.2 Å². The first kappa shape index (κ1) is 25.2. The van der Waals surface area contributed by atoms with Gasteiger partial charge in [-0.2, -0.15) is 0 Å². The summed E-state index contributed by atoms with van der Waals surface area (Å²) in [5.74, 6) is -3.62. The maximum Gasteiger partial charge on any atom is 0.338 e. The first-order valence-corrected chi connectivity index (χ1v) is 10.5. The van der Waals surface area contributed by atoms with Crippen molar-refractivity contribution < 1.29 is 28.7 Å². The van der Waals surface area contributed by atoms with Crippen molar-refractivity contribution >= 4 is 58.3 Å². The fourth-order valence-electron chi connectivity index (χ4n) is 2.53. The lowest BCUT2D eigenvalue weighted by molar-refractivity contribution is -0.128. The van der Waals surface area contributed by atoms with Crippen LogP contribution in [0.4, 0.5) is 11.4 Å². The highest BCUT2D eigenvalue weighted by molar-refractivity contribution is 6.34. The molecule has 0 saturated heterocycles. The van der Waals surface area contributed by atoms with E-state index in [1.807, 2.05) is 0 Å². The van der Waals surface area contributed by atoms with Crippen molar-refractivity contribution in [1.29, 1.82) is 0 Å². The molecule has 0 aliphatic carbocycles. The van der Waals surface area contributed by atoms with E-state index in [4.69, 9.17) is 32.7 Å². The van der Waals surface area contributed by atoms with E-state index >= 15 is 0 Å². The summed E-state index contributed by atoms with van der Waals surface area (Å²) in [6, 6.07) is 8.53. The molecule has 0 radical (unpaired) electrons. The molecule has 2 N–H and O–H groups in total. The summed E-state index contributed by atoms with van der Waals surface area (Å²) in [6.45, 7) is 5.12. The number of hydrogen-bond acceptors (Lipinski definition) is 6. The highest BCUT2D eigenvalue weighted by Gasteiger charge is 2.24. The number of nitrogens with one attached hydrogen (secondary N) is 2. The van der Waals surface area contributed by atoms with Crippen molar-refractivity contribution in [2.75, 3.05) is 23.8 Å². The van der Waals surface area contributed by atoms with Crippen LogP contribution in [-0.2, 0) is 19.1 Å². The van der Waals surface area contributed by atoms with E-state index in [0.29, 0.717) is 0 Å². The normalized spacial score (nSPS) is 10.4. The van der Waals surface area contributed by atoms with Crippen LogP contribution in [0.25, 0.3) is 0 Å². The lowest BCUT2D eigenvalue weighted by Crippen LogP contribution is -2.32. The molecule has 2 aromatic rings. The molecular formula is C22H22Cl2N2O6. The largest absolute Gasteiger partial charge is 0.462 e. The highest BCUT2D eigenvalue weighted by atomic mass is 35.5. The van der Waals surface area contributed by atoms with Crippen molar-refractivity contribution in [3.8, 4) is 0 Å². The lowest BCUT2D eigenvalue weighted by Gasteiger charge is -2.15. The van der Waals surface area contributed by atoms with E-state index < -0.39 is 29.7 Å². The summed E-state index contributed by atoms with van der Waals surface area (Å²) >= 11 is 12.2. The van der Waals surface area contributed by atoms with Crippen molar-refractivity contribution in [1.82, 2.24) is 0 Å². The molecule has 0 fully saturated rings. The topological polar surface area (TPSA) is 111 Å². The monoisotopic (exact) mass is 480 g/mol. The van der Waals surface area contributed by atoms with Crippen molar-refractivity contribution in [2.24, 2.45) is 5.92 Å². The van der Waals surface area contributed by atoms with Crippen LogP contribution in [0, 0.1) is 5.92 Å². The van der Waals surface area contributed by atoms with Crippen LogP contribution >= 0.6 is 23.2 Å². The predicted molar refractivity (Wildman–Crippen MR) is 121 cm³/mol. The number of amides is 2. The summed E-state index contributed by atoms with van der Waals surface area (Å²) in [4.78, 5) is 49.0. The minimum absolute atomic E-state index is 0.157. The molecule has 0 saturated carbocycles. The summed E-state index contributed by atoms with van der Waals surface area (Å²) in [7, 11) is 0. The summed E-state index contributed by atoms with van der Waals surface area (Å²) in [6.07, 6.45) is 0. The molecule has 0 atom stereocenters. The molecule has 0 aliphatic rings. The Morgan fingerprint density at radius 2 is 1.16 bits per heavy atom. The number of carbonyl (C=O) groups is 4. The molecule has 0 aliphatic heterocycles. The fraction of sp³-hybridized carbons (Fsp3) is 0.273. The second-order valence-electron chi connectivity index (χ2n) is 6.53. The van der Waals surface area contributed by atoms with Crippen LogP contribution in [0.15, 0.2) is 36.4 Å². The van der Waals surface area contributed by atoms with Crippen LogP contribution < -0.4 is 10.6 Å². The maximum atomic E-state index is 12.6. The van der Waals surface area contributed by atoms with Crippen LogP contribution in [0.2, 0.25) is 10.0 Å². The van der Waals surface area contributed by atoms with Gasteiger partial charge < -0.3 is 20.1 Å². The third-order valence-electron chi connectivity index (χ3n) is 4.26. The average Bonchev–Trinajstić information content (AvgIpc) is 2.76. The van der Waals surface area contributed by atoms with Gasteiger partial charge in [0.2, 0.25) is 11.8 Å². The second kappa shape index (κ2) is 11.5. The molecular weight excluding hydrogens is 459 g/mol. The molecule has 32 heavy (non-hydrogen) atoms. The van der Waals surface area contributed by atoms with Gasteiger partial charge in [-0.25, -0.2) is 9.59 Å². The van der Waals surface area contributed by atoms with Crippen LogP contribution in [-0.4, -0.2) is 37.0 Å². The van der Waals surface area contributed by atoms with Gasteiger partial charge in [-0.15, -0.1) is 0 Å². The Hall–Kier alpha value is -3.10. The Balaban J connectivity index is 2.13. The predicted octanol–water partition coefficient (Wildman–Crippen LogP) is 4.56. The second-order valence-corrected chi connectivity index (χ2v) is 7.34. The van der Waals surface area contributed by atoms with E-state index in [0.717, 1.165) is 0 Å². The van der Waals surface area contributed by atoms with E-state index in [9.17, 15) is 19.2 Å². The zero-order chi connectivity index (χ0) is 23.8. The number of carbonyl (C=O) groups excluding carboxylic acids is 4. The first-order chi connectivity index (χ1) is 15.2. The standard InChI is InChI=1S/C22H22Cl2N2O6/c1-4-31-21(29)13-6-8-15(23)17(10-13)25-19(27)12(3)20(28)26-18-11-14(7-9-16(18)24)22(30)32-5-2/h6-12H,4-5H2,1-3H3,(H,25,27)(H,26,28). The quantitative estimate of drug-likeness (QED) is 0.423. The smallest absolute Gasteiger partial charge is 0.338 e. The minimum atomic E-state index is -1.15. The van der Waals surface area contributed by atoms with Gasteiger partial charge in [0.1, 0.15) is 5.92 Å². The van der Waals surface area contributed by atoms with Gasteiger partial charge in [-0.3, -0.25) is 9.59 Å². The Morgan fingerprint density at radius 3 is 1.50 bits per heavy atom. The molecule has 2 rings (SSSR count). The van der Waals surface area contributed by atoms with Gasteiger partial charge in [0.05, 0.1) is 45.8 Å². The average molecular weight is 481 g/mol. The Kier molecular flexibility index (Phi) is 9.04. The fourth-order valence-corrected chi connectivity index (χ4v) is 2.86. The van der Waals surface area contributed by atoms with E-state index in [1.54, 1.807) is 13.8 Å². The zero-order valence-corrected chi connectivity index (χ0v) is 19.2. The van der Waals surface area contributed by atoms with Crippen molar-refractivity contribution in [2.45, 2.75) is 20.8 Å². The van der Waals surface area contributed by atoms with Crippen LogP contribution in [0.1, 0.15) is 41.5 Å². The number of esters is 2.